The van der Waals surface area contributed by atoms with Crippen LogP contribution in [-0.4, -0.2) is 11.4 Å². The average molecular weight is 189 g/mol. The van der Waals surface area contributed by atoms with Crippen LogP contribution in [-0.2, 0) is 0 Å². The first kappa shape index (κ1) is 10.5. The highest BCUT2D eigenvalue weighted by atomic mass is 16.4. The van der Waals surface area contributed by atoms with Gasteiger partial charge in [0, 0.05) is 5.92 Å². The minimum absolute atomic E-state index is 0.180. The molecule has 1 atom stereocenters. The van der Waals surface area contributed by atoms with Gasteiger partial charge in [-0.25, -0.2) is 0 Å². The molecule has 0 radical (unpaired) electrons. The van der Waals surface area contributed by atoms with Crippen molar-refractivity contribution in [1.82, 2.24) is 0 Å². The Bertz CT molecular complexity index is 292. The second-order valence-corrected chi connectivity index (χ2v) is 3.15. The van der Waals surface area contributed by atoms with E-state index in [4.69, 9.17) is 5.21 Å². The van der Waals surface area contributed by atoms with E-state index in [-0.39, 0.29) is 5.92 Å². The molecule has 0 spiro atoms. The molecule has 14 heavy (non-hydrogen) atoms. The SMILES string of the molecule is C=CCCC(C=NO)c1ccccc1. The molecule has 1 rings (SSSR count). The van der Waals surface area contributed by atoms with E-state index in [1.807, 2.05) is 36.4 Å². The zero-order valence-electron chi connectivity index (χ0n) is 8.13. The molecule has 0 aliphatic heterocycles. The molecule has 0 aliphatic carbocycles. The Labute approximate surface area is 84.6 Å². The highest BCUT2D eigenvalue weighted by molar-refractivity contribution is 5.67. The Kier molecular flexibility index (Phi) is 4.48. The summed E-state index contributed by atoms with van der Waals surface area (Å²) >= 11 is 0. The molecule has 0 aliphatic rings. The van der Waals surface area contributed by atoms with Gasteiger partial charge in [0.05, 0.1) is 6.21 Å². The van der Waals surface area contributed by atoms with Gasteiger partial charge in [0.15, 0.2) is 0 Å². The molecular formula is C12H15NO. The summed E-state index contributed by atoms with van der Waals surface area (Å²) in [6.07, 6.45) is 5.29. The molecule has 0 saturated carbocycles. The Morgan fingerprint density at radius 1 is 1.36 bits per heavy atom. The van der Waals surface area contributed by atoms with Gasteiger partial charge in [-0.05, 0) is 18.4 Å². The number of hydrogen-bond acceptors (Lipinski definition) is 2. The normalized spacial score (nSPS) is 12.9. The van der Waals surface area contributed by atoms with Crippen molar-refractivity contribution in [2.75, 3.05) is 0 Å². The van der Waals surface area contributed by atoms with Crippen molar-refractivity contribution in [3.8, 4) is 0 Å². The van der Waals surface area contributed by atoms with Crippen LogP contribution < -0.4 is 0 Å². The number of oxime groups is 1. The topological polar surface area (TPSA) is 32.6 Å². The van der Waals surface area contributed by atoms with E-state index in [1.54, 1.807) is 6.21 Å². The lowest BCUT2D eigenvalue weighted by atomic mass is 9.95. The lowest BCUT2D eigenvalue weighted by molar-refractivity contribution is 0.319. The minimum Gasteiger partial charge on any atom is -0.411 e. The fraction of sp³-hybridized carbons (Fsp3) is 0.250. The first-order valence-electron chi connectivity index (χ1n) is 4.72. The summed E-state index contributed by atoms with van der Waals surface area (Å²) in [7, 11) is 0. The van der Waals surface area contributed by atoms with Crippen molar-refractivity contribution < 1.29 is 5.21 Å². The molecule has 1 aromatic carbocycles. The number of hydrogen-bond donors (Lipinski definition) is 1. The van der Waals surface area contributed by atoms with E-state index in [2.05, 4.69) is 11.7 Å². The van der Waals surface area contributed by atoms with Gasteiger partial charge in [-0.1, -0.05) is 36.4 Å². The van der Waals surface area contributed by atoms with Crippen LogP contribution in [0.5, 0.6) is 0 Å². The Hall–Kier alpha value is -1.57. The van der Waals surface area contributed by atoms with Crippen molar-refractivity contribution in [1.29, 1.82) is 0 Å². The molecule has 74 valence electrons. The molecule has 2 nitrogen and oxygen atoms in total. The number of nitrogens with zero attached hydrogens (tertiary/aromatic N) is 1. The molecule has 0 aromatic heterocycles. The quantitative estimate of drug-likeness (QED) is 0.328. The van der Waals surface area contributed by atoms with Crippen LogP contribution in [0.4, 0.5) is 0 Å². The molecule has 2 heteroatoms. The maximum absolute atomic E-state index is 8.54. The molecule has 0 saturated heterocycles. The summed E-state index contributed by atoms with van der Waals surface area (Å²) in [5.74, 6) is 0.180. The Morgan fingerprint density at radius 3 is 2.64 bits per heavy atom. The van der Waals surface area contributed by atoms with Crippen molar-refractivity contribution in [2.45, 2.75) is 18.8 Å². The molecule has 1 aromatic rings. The summed E-state index contributed by atoms with van der Waals surface area (Å²) < 4.78 is 0. The largest absolute Gasteiger partial charge is 0.411 e. The Balaban J connectivity index is 2.72. The predicted molar refractivity (Wildman–Crippen MR) is 58.9 cm³/mol. The zero-order valence-corrected chi connectivity index (χ0v) is 8.13. The zero-order chi connectivity index (χ0) is 10.2. The lowest BCUT2D eigenvalue weighted by Crippen LogP contribution is -1.99. The van der Waals surface area contributed by atoms with E-state index >= 15 is 0 Å². The van der Waals surface area contributed by atoms with Crippen LogP contribution in [0.25, 0.3) is 0 Å². The van der Waals surface area contributed by atoms with Crippen molar-refractivity contribution >= 4 is 6.21 Å². The summed E-state index contributed by atoms with van der Waals surface area (Å²) in [4.78, 5) is 0. The maximum atomic E-state index is 8.54. The van der Waals surface area contributed by atoms with E-state index in [1.165, 1.54) is 5.56 Å². The second-order valence-electron chi connectivity index (χ2n) is 3.15. The fourth-order valence-corrected chi connectivity index (χ4v) is 1.41. The number of benzene rings is 1. The van der Waals surface area contributed by atoms with Gasteiger partial charge < -0.3 is 5.21 Å². The molecule has 0 fully saturated rings. The summed E-state index contributed by atoms with van der Waals surface area (Å²) in [6, 6.07) is 10.0. The lowest BCUT2D eigenvalue weighted by Gasteiger charge is -2.09. The van der Waals surface area contributed by atoms with E-state index in [0.29, 0.717) is 0 Å². The van der Waals surface area contributed by atoms with E-state index in [0.717, 1.165) is 12.8 Å². The average Bonchev–Trinajstić information content (AvgIpc) is 2.25. The van der Waals surface area contributed by atoms with Crippen molar-refractivity contribution in [3.63, 3.8) is 0 Å². The van der Waals surface area contributed by atoms with Gasteiger partial charge in [-0.3, -0.25) is 0 Å². The van der Waals surface area contributed by atoms with Crippen LogP contribution >= 0.6 is 0 Å². The standard InChI is InChI=1S/C12H15NO/c1-2-3-7-12(10-13-14)11-8-5-4-6-9-11/h2,4-6,8-10,12,14H,1,3,7H2. The van der Waals surface area contributed by atoms with Crippen LogP contribution in [0.3, 0.4) is 0 Å². The monoisotopic (exact) mass is 189 g/mol. The third-order valence-corrected chi connectivity index (χ3v) is 2.16. The summed E-state index contributed by atoms with van der Waals surface area (Å²) in [5, 5.41) is 11.6. The molecule has 1 unspecified atom stereocenters. The van der Waals surface area contributed by atoms with Crippen molar-refractivity contribution in [2.24, 2.45) is 5.16 Å². The second kappa shape index (κ2) is 5.97. The Morgan fingerprint density at radius 2 is 2.07 bits per heavy atom. The van der Waals surface area contributed by atoms with Crippen LogP contribution in [0.2, 0.25) is 0 Å². The van der Waals surface area contributed by atoms with E-state index < -0.39 is 0 Å². The van der Waals surface area contributed by atoms with E-state index in [9.17, 15) is 0 Å². The number of allylic oxidation sites excluding steroid dienone is 1. The third-order valence-electron chi connectivity index (χ3n) is 2.16. The maximum Gasteiger partial charge on any atom is 0.0510 e. The highest BCUT2D eigenvalue weighted by Crippen LogP contribution is 2.19. The third kappa shape index (κ3) is 3.05. The summed E-state index contributed by atoms with van der Waals surface area (Å²) in [6.45, 7) is 3.68. The van der Waals surface area contributed by atoms with Gasteiger partial charge in [-0.15, -0.1) is 11.7 Å². The number of rotatable bonds is 5. The molecule has 0 bridgehead atoms. The molecule has 0 amide bonds. The first-order valence-corrected chi connectivity index (χ1v) is 4.72. The predicted octanol–water partition coefficient (Wildman–Crippen LogP) is 3.20. The van der Waals surface area contributed by atoms with Crippen LogP contribution in [0.15, 0.2) is 48.1 Å². The molecular weight excluding hydrogens is 174 g/mol. The summed E-state index contributed by atoms with van der Waals surface area (Å²) in [5.41, 5.74) is 1.17. The van der Waals surface area contributed by atoms with Gasteiger partial charge in [0.25, 0.3) is 0 Å². The minimum atomic E-state index is 0.180. The van der Waals surface area contributed by atoms with Gasteiger partial charge in [0.1, 0.15) is 0 Å². The fourth-order valence-electron chi connectivity index (χ4n) is 1.41. The van der Waals surface area contributed by atoms with Gasteiger partial charge in [-0.2, -0.15) is 0 Å². The first-order chi connectivity index (χ1) is 6.88. The van der Waals surface area contributed by atoms with Crippen LogP contribution in [0.1, 0.15) is 24.3 Å². The van der Waals surface area contributed by atoms with Gasteiger partial charge >= 0.3 is 0 Å². The van der Waals surface area contributed by atoms with Crippen LogP contribution in [0, 0.1) is 0 Å². The van der Waals surface area contributed by atoms with Gasteiger partial charge in [0.2, 0.25) is 0 Å². The molecule has 0 heterocycles. The highest BCUT2D eigenvalue weighted by Gasteiger charge is 2.06. The molecule has 1 N–H and O–H groups in total. The smallest absolute Gasteiger partial charge is 0.0510 e. The van der Waals surface area contributed by atoms with Crippen molar-refractivity contribution in [3.05, 3.63) is 48.6 Å².